The molecule has 5 heteroatoms. The number of hydrogen-bond acceptors (Lipinski definition) is 5. The van der Waals surface area contributed by atoms with E-state index in [1.807, 2.05) is 51.1 Å². The van der Waals surface area contributed by atoms with Gasteiger partial charge in [0, 0.05) is 18.3 Å². The van der Waals surface area contributed by atoms with Crippen molar-refractivity contribution in [1.82, 2.24) is 9.97 Å². The molecule has 0 aliphatic carbocycles. The lowest BCUT2D eigenvalue weighted by molar-refractivity contribution is 0.244. The van der Waals surface area contributed by atoms with Gasteiger partial charge in [0.25, 0.3) is 0 Å². The largest absolute Gasteiger partial charge is 0.489 e. The Hall–Kier alpha value is -3.08. The first-order valence-electron chi connectivity index (χ1n) is 9.84. The molecule has 2 aromatic carbocycles. The third kappa shape index (κ3) is 3.93. The Balaban J connectivity index is 1.66. The number of rotatable bonds is 5. The van der Waals surface area contributed by atoms with Gasteiger partial charge < -0.3 is 15.0 Å². The van der Waals surface area contributed by atoms with Gasteiger partial charge in [0.05, 0.1) is 11.8 Å². The third-order valence-corrected chi connectivity index (χ3v) is 4.72. The van der Waals surface area contributed by atoms with Crippen molar-refractivity contribution in [3.05, 3.63) is 66.0 Å². The van der Waals surface area contributed by atoms with Gasteiger partial charge >= 0.3 is 0 Å². The number of aromatic nitrogens is 2. The maximum Gasteiger partial charge on any atom is 0.143 e. The van der Waals surface area contributed by atoms with Crippen LogP contribution in [0.5, 0.6) is 5.75 Å². The maximum atomic E-state index is 5.92. The predicted octanol–water partition coefficient (Wildman–Crippen LogP) is 5.40. The molecule has 0 saturated carbocycles. The molecule has 4 rings (SSSR count). The Morgan fingerprint density at radius 3 is 2.68 bits per heavy atom. The molecular formula is C23H26N4O. The number of hydrogen-bond donors (Lipinski definition) is 1. The predicted molar refractivity (Wildman–Crippen MR) is 114 cm³/mol. The van der Waals surface area contributed by atoms with Crippen LogP contribution in [0.3, 0.4) is 0 Å². The quantitative estimate of drug-likeness (QED) is 0.648. The second-order valence-electron chi connectivity index (χ2n) is 7.33. The molecule has 2 heterocycles. The molecule has 3 aromatic rings. The van der Waals surface area contributed by atoms with E-state index in [1.54, 1.807) is 0 Å². The molecule has 0 fully saturated rings. The third-order valence-electron chi connectivity index (χ3n) is 4.72. The SMILES string of the molecule is Cc1nc(Nc2ccccc2OC(C)C)cc(N2CCCc3ccccc32)n1. The smallest absolute Gasteiger partial charge is 0.143 e. The minimum Gasteiger partial charge on any atom is -0.489 e. The van der Waals surface area contributed by atoms with Gasteiger partial charge in [-0.15, -0.1) is 0 Å². The number of para-hydroxylation sites is 3. The highest BCUT2D eigenvalue weighted by atomic mass is 16.5. The zero-order valence-corrected chi connectivity index (χ0v) is 16.6. The van der Waals surface area contributed by atoms with Crippen LogP contribution in [0.2, 0.25) is 0 Å². The van der Waals surface area contributed by atoms with Gasteiger partial charge in [0.1, 0.15) is 23.2 Å². The Morgan fingerprint density at radius 2 is 1.82 bits per heavy atom. The average molecular weight is 374 g/mol. The Labute approximate surface area is 166 Å². The molecule has 5 nitrogen and oxygen atoms in total. The number of nitrogens with zero attached hydrogens (tertiary/aromatic N) is 3. The lowest BCUT2D eigenvalue weighted by atomic mass is 10.0. The molecule has 0 radical (unpaired) electrons. The van der Waals surface area contributed by atoms with Crippen molar-refractivity contribution in [3.8, 4) is 5.75 Å². The average Bonchev–Trinajstić information content (AvgIpc) is 2.68. The van der Waals surface area contributed by atoms with Crippen molar-refractivity contribution in [3.63, 3.8) is 0 Å². The number of anilines is 4. The number of benzene rings is 2. The number of nitrogens with one attached hydrogen (secondary N) is 1. The highest BCUT2D eigenvalue weighted by molar-refractivity contribution is 5.70. The minimum absolute atomic E-state index is 0.107. The van der Waals surface area contributed by atoms with E-state index in [-0.39, 0.29) is 6.10 Å². The van der Waals surface area contributed by atoms with Gasteiger partial charge in [-0.2, -0.15) is 0 Å². The number of fused-ring (bicyclic) bond motifs is 1. The van der Waals surface area contributed by atoms with Crippen molar-refractivity contribution < 1.29 is 4.74 Å². The van der Waals surface area contributed by atoms with Crippen molar-refractivity contribution in [2.45, 2.75) is 39.7 Å². The molecule has 0 spiro atoms. The van der Waals surface area contributed by atoms with Gasteiger partial charge in [-0.3, -0.25) is 0 Å². The van der Waals surface area contributed by atoms with Crippen LogP contribution < -0.4 is 15.0 Å². The summed E-state index contributed by atoms with van der Waals surface area (Å²) in [6.45, 7) is 6.94. The Bertz CT molecular complexity index is 970. The van der Waals surface area contributed by atoms with E-state index in [4.69, 9.17) is 9.72 Å². The summed E-state index contributed by atoms with van der Waals surface area (Å²) in [6, 6.07) is 18.5. The van der Waals surface area contributed by atoms with Gasteiger partial charge in [-0.25, -0.2) is 9.97 Å². The molecule has 0 bridgehead atoms. The highest BCUT2D eigenvalue weighted by Gasteiger charge is 2.20. The summed E-state index contributed by atoms with van der Waals surface area (Å²) in [4.78, 5) is 11.6. The van der Waals surface area contributed by atoms with E-state index in [0.29, 0.717) is 0 Å². The minimum atomic E-state index is 0.107. The van der Waals surface area contributed by atoms with E-state index in [9.17, 15) is 0 Å². The molecule has 0 saturated heterocycles. The first-order valence-corrected chi connectivity index (χ1v) is 9.84. The van der Waals surface area contributed by atoms with Crippen LogP contribution in [-0.2, 0) is 6.42 Å². The highest BCUT2D eigenvalue weighted by Crippen LogP contribution is 2.34. The summed E-state index contributed by atoms with van der Waals surface area (Å²) < 4.78 is 5.92. The summed E-state index contributed by atoms with van der Waals surface area (Å²) in [6.07, 6.45) is 2.34. The maximum absolute atomic E-state index is 5.92. The molecule has 1 aliphatic rings. The Kier molecular flexibility index (Phi) is 5.15. The van der Waals surface area contributed by atoms with Crippen LogP contribution in [0.15, 0.2) is 54.6 Å². The van der Waals surface area contributed by atoms with Crippen molar-refractivity contribution in [2.75, 3.05) is 16.8 Å². The molecule has 144 valence electrons. The van der Waals surface area contributed by atoms with Gasteiger partial charge in [-0.1, -0.05) is 30.3 Å². The molecule has 0 atom stereocenters. The summed E-state index contributed by atoms with van der Waals surface area (Å²) in [5.74, 6) is 3.25. The second kappa shape index (κ2) is 7.89. The zero-order valence-electron chi connectivity index (χ0n) is 16.6. The molecule has 0 amide bonds. The van der Waals surface area contributed by atoms with Crippen LogP contribution >= 0.6 is 0 Å². The van der Waals surface area contributed by atoms with Gasteiger partial charge in [-0.05, 0) is 57.4 Å². The first-order chi connectivity index (χ1) is 13.6. The normalized spacial score (nSPS) is 13.4. The van der Waals surface area contributed by atoms with Crippen LogP contribution in [0.1, 0.15) is 31.7 Å². The van der Waals surface area contributed by atoms with Crippen molar-refractivity contribution in [2.24, 2.45) is 0 Å². The Morgan fingerprint density at radius 1 is 1.04 bits per heavy atom. The van der Waals surface area contributed by atoms with Crippen molar-refractivity contribution >= 4 is 23.0 Å². The second-order valence-corrected chi connectivity index (χ2v) is 7.33. The molecule has 1 N–H and O–H groups in total. The van der Waals surface area contributed by atoms with E-state index in [2.05, 4.69) is 39.5 Å². The van der Waals surface area contributed by atoms with Crippen LogP contribution in [0.4, 0.5) is 23.0 Å². The fourth-order valence-electron chi connectivity index (χ4n) is 3.59. The van der Waals surface area contributed by atoms with Crippen LogP contribution in [0, 0.1) is 6.92 Å². The zero-order chi connectivity index (χ0) is 19.5. The number of ether oxygens (including phenoxy) is 1. The van der Waals surface area contributed by atoms with Gasteiger partial charge in [0.15, 0.2) is 0 Å². The van der Waals surface area contributed by atoms with E-state index in [0.717, 1.165) is 48.3 Å². The van der Waals surface area contributed by atoms with E-state index >= 15 is 0 Å². The van der Waals surface area contributed by atoms with Gasteiger partial charge in [0.2, 0.25) is 0 Å². The number of aryl methyl sites for hydroxylation is 2. The van der Waals surface area contributed by atoms with Crippen LogP contribution in [0.25, 0.3) is 0 Å². The fourth-order valence-corrected chi connectivity index (χ4v) is 3.59. The first kappa shape index (κ1) is 18.3. The van der Waals surface area contributed by atoms with Crippen LogP contribution in [-0.4, -0.2) is 22.6 Å². The molecular weight excluding hydrogens is 348 g/mol. The fraction of sp³-hybridized carbons (Fsp3) is 0.304. The summed E-state index contributed by atoms with van der Waals surface area (Å²) in [5, 5.41) is 3.42. The standard InChI is InChI=1S/C23H26N4O/c1-16(2)28-21-13-7-5-11-19(21)26-22-15-23(25-17(3)24-22)27-14-8-10-18-9-4-6-12-20(18)27/h4-7,9,11-13,15-16H,8,10,14H2,1-3H3,(H,24,25,26). The summed E-state index contributed by atoms with van der Waals surface area (Å²) in [7, 11) is 0. The monoisotopic (exact) mass is 374 g/mol. The van der Waals surface area contributed by atoms with Crippen molar-refractivity contribution in [1.29, 1.82) is 0 Å². The lowest BCUT2D eigenvalue weighted by Crippen LogP contribution is -2.25. The summed E-state index contributed by atoms with van der Waals surface area (Å²) >= 11 is 0. The van der Waals surface area contributed by atoms with E-state index < -0.39 is 0 Å². The topological polar surface area (TPSA) is 50.3 Å². The molecule has 1 aromatic heterocycles. The molecule has 1 aliphatic heterocycles. The van der Waals surface area contributed by atoms with E-state index in [1.165, 1.54) is 11.3 Å². The molecule has 0 unspecified atom stereocenters. The molecule has 28 heavy (non-hydrogen) atoms. The lowest BCUT2D eigenvalue weighted by Gasteiger charge is -2.30. The summed E-state index contributed by atoms with van der Waals surface area (Å²) in [5.41, 5.74) is 3.51.